The van der Waals surface area contributed by atoms with E-state index in [1.807, 2.05) is 20.8 Å². The van der Waals surface area contributed by atoms with Gasteiger partial charge in [-0.25, -0.2) is 0 Å². The first kappa shape index (κ1) is 58.6. The molecule has 0 spiro atoms. The number of ether oxygens (including phenoxy) is 14. The fraction of sp³-hybridized carbons (Fsp3) is 0.946. The van der Waals surface area contributed by atoms with Crippen molar-refractivity contribution in [3.8, 4) is 0 Å². The van der Waals surface area contributed by atoms with Gasteiger partial charge in [-0.3, -0.25) is 4.79 Å². The summed E-state index contributed by atoms with van der Waals surface area (Å²) in [5, 5.41) is 65.1. The average Bonchev–Trinajstić information content (AvgIpc) is 4.22. The average molecular weight is 1100 g/mol. The number of rotatable bonds is 15. The Morgan fingerprint density at radius 3 is 1.66 bits per heavy atom. The van der Waals surface area contributed by atoms with E-state index in [2.05, 4.69) is 13.8 Å². The fourth-order valence-electron chi connectivity index (χ4n) is 16.4. The molecular weight excluding hydrogens is 1010 g/mol. The second-order valence-corrected chi connectivity index (χ2v) is 24.9. The van der Waals surface area contributed by atoms with Gasteiger partial charge in [0, 0.05) is 52.4 Å². The minimum Gasteiger partial charge on any atom is -0.434 e. The summed E-state index contributed by atoms with van der Waals surface area (Å²) in [5.41, 5.74) is 0.150. The molecule has 0 aromatic heterocycles. The first-order valence-corrected chi connectivity index (χ1v) is 28.8. The Bertz CT molecular complexity index is 2020. The zero-order valence-corrected chi connectivity index (χ0v) is 46.5. The first-order chi connectivity index (χ1) is 36.7. The highest BCUT2D eigenvalue weighted by molar-refractivity contribution is 5.76. The molecule has 5 saturated heterocycles. The molecule has 0 aromatic carbocycles. The molecule has 4 saturated carbocycles. The number of hydrogen-bond acceptors (Lipinski definition) is 21. The molecule has 10 aliphatic rings. The van der Waals surface area contributed by atoms with Crippen molar-refractivity contribution < 1.29 is 102 Å². The lowest BCUT2D eigenvalue weighted by molar-refractivity contribution is -0.358. The molecule has 9 fully saturated rings. The van der Waals surface area contributed by atoms with E-state index < -0.39 is 141 Å². The van der Waals surface area contributed by atoms with Gasteiger partial charge in [0.05, 0.1) is 79.8 Å². The molecule has 6 aliphatic heterocycles. The number of carbonyl (C=O) groups is 1. The molecular formula is C56H90O21. The lowest BCUT2D eigenvalue weighted by Gasteiger charge is -2.63. The van der Waals surface area contributed by atoms with Gasteiger partial charge in [0.1, 0.15) is 48.8 Å². The number of hydrogen-bond donors (Lipinski definition) is 6. The third-order valence-electron chi connectivity index (χ3n) is 20.8. The molecule has 29 atom stereocenters. The van der Waals surface area contributed by atoms with Crippen LogP contribution < -0.4 is 0 Å². The van der Waals surface area contributed by atoms with Crippen molar-refractivity contribution in [1.82, 2.24) is 0 Å². The van der Waals surface area contributed by atoms with Crippen LogP contribution in [0, 0.1) is 34.5 Å². The summed E-state index contributed by atoms with van der Waals surface area (Å²) in [6, 6.07) is 0. The molecule has 21 nitrogen and oxygen atoms in total. The Hall–Kier alpha value is -1.55. The summed E-state index contributed by atoms with van der Waals surface area (Å²) in [7, 11) is 4.74. The zero-order valence-electron chi connectivity index (χ0n) is 46.5. The Balaban J connectivity index is 0.676. The van der Waals surface area contributed by atoms with E-state index in [4.69, 9.17) is 66.3 Å². The van der Waals surface area contributed by atoms with E-state index in [0.29, 0.717) is 31.1 Å². The highest BCUT2D eigenvalue weighted by Crippen LogP contribution is 2.70. The number of fused-ring (bicyclic) bond motifs is 5. The van der Waals surface area contributed by atoms with Crippen LogP contribution in [0.2, 0.25) is 0 Å². The van der Waals surface area contributed by atoms with E-state index in [1.165, 1.54) is 7.11 Å². The second-order valence-electron chi connectivity index (χ2n) is 24.9. The van der Waals surface area contributed by atoms with E-state index in [0.717, 1.165) is 63.4 Å². The Morgan fingerprint density at radius 2 is 1.13 bits per heavy atom. The molecule has 77 heavy (non-hydrogen) atoms. The SMILES string of the molecule is CO[C@H]1CC(O[C@H]2[C@@H](OC)CC(O[C@H]3[C@@H](O)CC(O[C@H]4CC[C@@]5(C)[C@H](CC[C@@H]6[C@@H]5CC[C@]5(C)[C@@H](C7=COC(=O)C7)CC[C@]65O)C4)O[C@@H]3C)O[C@@H]2C)O[C@H](C)[C@H]1OC1C[C@@H](OC)[C@@H](O[C@@H]2O[C@H](CO)[C@@H](O)[C@H](O)[C@H]2O)[C@@H](C)O1. The van der Waals surface area contributed by atoms with Crippen molar-refractivity contribution in [2.75, 3.05) is 27.9 Å². The second kappa shape index (κ2) is 23.6. The summed E-state index contributed by atoms with van der Waals surface area (Å²) >= 11 is 0. The van der Waals surface area contributed by atoms with Gasteiger partial charge in [-0.1, -0.05) is 13.8 Å². The molecule has 10 rings (SSSR count). The van der Waals surface area contributed by atoms with Crippen LogP contribution in [0.3, 0.4) is 0 Å². The van der Waals surface area contributed by atoms with Gasteiger partial charge in [0.15, 0.2) is 31.5 Å². The van der Waals surface area contributed by atoms with Crippen molar-refractivity contribution in [1.29, 1.82) is 0 Å². The molecule has 21 heteroatoms. The van der Waals surface area contributed by atoms with Gasteiger partial charge in [0.2, 0.25) is 0 Å². The molecule has 6 N–H and O–H groups in total. The van der Waals surface area contributed by atoms with Crippen LogP contribution in [-0.4, -0.2) is 205 Å². The van der Waals surface area contributed by atoms with Crippen LogP contribution in [0.5, 0.6) is 0 Å². The summed E-state index contributed by atoms with van der Waals surface area (Å²) in [6.45, 7) is 11.6. The van der Waals surface area contributed by atoms with Crippen molar-refractivity contribution in [3.05, 3.63) is 11.8 Å². The van der Waals surface area contributed by atoms with Crippen molar-refractivity contribution in [3.63, 3.8) is 0 Å². The van der Waals surface area contributed by atoms with Crippen LogP contribution in [0.4, 0.5) is 0 Å². The van der Waals surface area contributed by atoms with E-state index in [1.54, 1.807) is 27.4 Å². The predicted molar refractivity (Wildman–Crippen MR) is 268 cm³/mol. The highest BCUT2D eigenvalue weighted by atomic mass is 16.8. The molecule has 0 bridgehead atoms. The van der Waals surface area contributed by atoms with Gasteiger partial charge in [-0.15, -0.1) is 0 Å². The highest BCUT2D eigenvalue weighted by Gasteiger charge is 2.68. The number of cyclic esters (lactones) is 1. The summed E-state index contributed by atoms with van der Waals surface area (Å²) < 4.78 is 86.6. The monoisotopic (exact) mass is 1100 g/mol. The van der Waals surface area contributed by atoms with E-state index in [9.17, 15) is 35.4 Å². The fourth-order valence-corrected chi connectivity index (χ4v) is 16.4. The van der Waals surface area contributed by atoms with Gasteiger partial charge in [-0.05, 0) is 120 Å². The van der Waals surface area contributed by atoms with E-state index >= 15 is 0 Å². The maximum atomic E-state index is 12.7. The first-order valence-electron chi connectivity index (χ1n) is 28.8. The lowest BCUT2D eigenvalue weighted by atomic mass is 9.43. The van der Waals surface area contributed by atoms with Crippen molar-refractivity contribution in [2.24, 2.45) is 34.5 Å². The minimum atomic E-state index is -1.59. The lowest BCUT2D eigenvalue weighted by Crippen LogP contribution is -2.62. The van der Waals surface area contributed by atoms with Gasteiger partial charge in [-0.2, -0.15) is 0 Å². The maximum Gasteiger partial charge on any atom is 0.314 e. The third kappa shape index (κ3) is 11.1. The summed E-state index contributed by atoms with van der Waals surface area (Å²) in [5.74, 6) is 1.13. The predicted octanol–water partition coefficient (Wildman–Crippen LogP) is 3.26. The molecule has 0 radical (unpaired) electrons. The van der Waals surface area contributed by atoms with Crippen molar-refractivity contribution in [2.45, 2.75) is 272 Å². The number of aliphatic hydroxyl groups is 6. The third-order valence-corrected chi connectivity index (χ3v) is 20.8. The number of aliphatic hydroxyl groups excluding tert-OH is 5. The smallest absolute Gasteiger partial charge is 0.314 e. The summed E-state index contributed by atoms with van der Waals surface area (Å²) in [4.78, 5) is 12.1. The molecule has 4 unspecified atom stereocenters. The van der Waals surface area contributed by atoms with Gasteiger partial charge in [0.25, 0.3) is 0 Å². The Morgan fingerprint density at radius 1 is 0.584 bits per heavy atom. The van der Waals surface area contributed by atoms with Crippen LogP contribution in [0.1, 0.15) is 131 Å². The summed E-state index contributed by atoms with van der Waals surface area (Å²) in [6.07, 6.45) is -5.13. The number of carbonyl (C=O) groups excluding carboxylic acids is 1. The molecule has 0 aromatic rings. The van der Waals surface area contributed by atoms with Crippen LogP contribution >= 0.6 is 0 Å². The van der Waals surface area contributed by atoms with E-state index in [-0.39, 0.29) is 47.6 Å². The van der Waals surface area contributed by atoms with Crippen LogP contribution in [0.25, 0.3) is 0 Å². The largest absolute Gasteiger partial charge is 0.434 e. The molecule has 0 amide bonds. The Kier molecular flexibility index (Phi) is 18.0. The van der Waals surface area contributed by atoms with Crippen LogP contribution in [-0.2, 0) is 71.1 Å². The van der Waals surface area contributed by atoms with Crippen LogP contribution in [0.15, 0.2) is 11.8 Å². The molecule has 6 heterocycles. The topological polar surface area (TPSA) is 268 Å². The maximum absolute atomic E-state index is 12.7. The normalized spacial score (nSPS) is 53.2. The van der Waals surface area contributed by atoms with Crippen molar-refractivity contribution >= 4 is 5.97 Å². The number of esters is 1. The Labute approximate surface area is 453 Å². The molecule has 4 aliphatic carbocycles. The minimum absolute atomic E-state index is 0.00653. The number of methoxy groups -OCH3 is 3. The van der Waals surface area contributed by atoms with Gasteiger partial charge < -0.3 is 97.0 Å². The standard InChI is InChI=1S/C56H90O21/c1-26-49(36(58)20-42(68-26)72-32-12-15-54(5)31(19-32)10-11-35-34(54)13-16-55(6)33(14-17-56(35,55)63)30-18-41(59)67-25-30)74-43-21-37(64-7)50(27(2)69-43)75-44-22-38(65-8)51(28(3)70-44)76-45-23-39(66-9)52(29(4)71-45)77-53-48(62)47(61)46(60)40(24-57)73-53/h25-29,31-40,42-53,57-58,60-63H,10-24H2,1-9H3/t26-,27-,28-,29-,31-,32+,33-,34+,35-,36+,37+,38+,39-,40-,42?,43?,44?,45?,46-,47+,48-,49-,50-,51-,52+,53+,54+,55-,56+/m1/s1. The zero-order chi connectivity index (χ0) is 54.9. The van der Waals surface area contributed by atoms with Gasteiger partial charge >= 0.3 is 5.97 Å². The molecule has 440 valence electrons. The quantitative estimate of drug-likeness (QED) is 0.102.